The number of carbonyl (C=O) groups is 1. The maximum atomic E-state index is 12.9. The van der Waals surface area contributed by atoms with Crippen molar-refractivity contribution in [2.24, 2.45) is 0 Å². The van der Waals surface area contributed by atoms with Crippen molar-refractivity contribution in [3.05, 3.63) is 59.9 Å². The van der Waals surface area contributed by atoms with E-state index in [4.69, 9.17) is 4.42 Å². The van der Waals surface area contributed by atoms with Gasteiger partial charge in [0.05, 0.1) is 5.75 Å². The summed E-state index contributed by atoms with van der Waals surface area (Å²) in [5.74, 6) is -0.0403. The van der Waals surface area contributed by atoms with E-state index in [1.807, 2.05) is 24.3 Å². The fourth-order valence-electron chi connectivity index (χ4n) is 2.17. The number of hydrogen-bond acceptors (Lipinski definition) is 5. The van der Waals surface area contributed by atoms with Crippen LogP contribution in [0.1, 0.15) is 12.5 Å². The van der Waals surface area contributed by atoms with E-state index in [1.165, 1.54) is 12.1 Å². The van der Waals surface area contributed by atoms with E-state index >= 15 is 0 Å². The molecule has 1 N–H and O–H groups in total. The molecule has 1 amide bonds. The van der Waals surface area contributed by atoms with Crippen LogP contribution >= 0.6 is 11.8 Å². The number of nitrogens with one attached hydrogen (secondary N) is 1. The molecule has 0 aliphatic heterocycles. The maximum Gasteiger partial charge on any atom is 0.277 e. The molecule has 5 nitrogen and oxygen atoms in total. The Labute approximate surface area is 148 Å². The Morgan fingerprint density at radius 1 is 1.20 bits per heavy atom. The summed E-state index contributed by atoms with van der Waals surface area (Å²) >= 11 is 1.15. The van der Waals surface area contributed by atoms with E-state index < -0.39 is 0 Å². The van der Waals surface area contributed by atoms with Crippen molar-refractivity contribution in [1.82, 2.24) is 10.2 Å². The molecule has 0 radical (unpaired) electrons. The van der Waals surface area contributed by atoms with Crippen molar-refractivity contribution >= 4 is 23.4 Å². The minimum absolute atomic E-state index is 0.153. The van der Waals surface area contributed by atoms with Crippen molar-refractivity contribution in [2.45, 2.75) is 18.6 Å². The van der Waals surface area contributed by atoms with Crippen LogP contribution in [0.4, 0.5) is 10.1 Å². The van der Waals surface area contributed by atoms with Gasteiger partial charge in [-0.3, -0.25) is 4.79 Å². The predicted molar refractivity (Wildman–Crippen MR) is 94.9 cm³/mol. The van der Waals surface area contributed by atoms with Gasteiger partial charge >= 0.3 is 0 Å². The lowest BCUT2D eigenvalue weighted by atomic mass is 10.1. The van der Waals surface area contributed by atoms with Crippen LogP contribution in [0, 0.1) is 5.82 Å². The summed E-state index contributed by atoms with van der Waals surface area (Å²) in [6.45, 7) is 2.06. The highest BCUT2D eigenvalue weighted by Gasteiger charge is 2.11. The van der Waals surface area contributed by atoms with Crippen molar-refractivity contribution in [3.8, 4) is 11.5 Å². The number of halogens is 1. The molecule has 0 saturated heterocycles. The molecule has 0 fully saturated rings. The minimum Gasteiger partial charge on any atom is -0.411 e. The van der Waals surface area contributed by atoms with Crippen LogP contribution in [0.15, 0.2) is 58.2 Å². The van der Waals surface area contributed by atoms with Gasteiger partial charge in [0, 0.05) is 11.3 Å². The maximum absolute atomic E-state index is 12.9. The summed E-state index contributed by atoms with van der Waals surface area (Å²) < 4.78 is 18.4. The SMILES string of the molecule is CCc1cccc(NC(=O)CSc2nnc(-c3ccc(F)cc3)o2)c1. The number of thioether (sulfide) groups is 1. The molecule has 2 aromatic carbocycles. The molecule has 0 atom stereocenters. The lowest BCUT2D eigenvalue weighted by Gasteiger charge is -2.05. The molecular weight excluding hydrogens is 341 g/mol. The summed E-state index contributed by atoms with van der Waals surface area (Å²) in [6.07, 6.45) is 0.909. The third kappa shape index (κ3) is 4.67. The summed E-state index contributed by atoms with van der Waals surface area (Å²) in [4.78, 5) is 12.0. The van der Waals surface area contributed by atoms with Crippen LogP contribution in [0.25, 0.3) is 11.5 Å². The summed E-state index contributed by atoms with van der Waals surface area (Å²) in [5.41, 5.74) is 2.55. The molecule has 0 aliphatic carbocycles. The van der Waals surface area contributed by atoms with Crippen molar-refractivity contribution in [3.63, 3.8) is 0 Å². The molecule has 3 aromatic rings. The second kappa shape index (κ2) is 7.94. The zero-order chi connectivity index (χ0) is 17.6. The molecular formula is C18H16FN3O2S. The number of anilines is 1. The fraction of sp³-hybridized carbons (Fsp3) is 0.167. The molecule has 0 spiro atoms. The van der Waals surface area contributed by atoms with Gasteiger partial charge in [-0.1, -0.05) is 30.8 Å². The molecule has 3 rings (SSSR count). The first kappa shape index (κ1) is 17.2. The number of rotatable bonds is 6. The standard InChI is InChI=1S/C18H16FN3O2S/c1-2-12-4-3-5-15(10-12)20-16(23)11-25-18-22-21-17(24-18)13-6-8-14(19)9-7-13/h3-10H,2,11H2,1H3,(H,20,23). The number of nitrogens with zero attached hydrogens (tertiary/aromatic N) is 2. The lowest BCUT2D eigenvalue weighted by molar-refractivity contribution is -0.113. The average Bonchev–Trinajstić information content (AvgIpc) is 3.10. The van der Waals surface area contributed by atoms with Crippen molar-refractivity contribution in [1.29, 1.82) is 0 Å². The average molecular weight is 357 g/mol. The van der Waals surface area contributed by atoms with E-state index in [0.717, 1.165) is 29.4 Å². The summed E-state index contributed by atoms with van der Waals surface area (Å²) in [7, 11) is 0. The first-order chi connectivity index (χ1) is 12.1. The molecule has 25 heavy (non-hydrogen) atoms. The Morgan fingerprint density at radius 2 is 2.00 bits per heavy atom. The number of aromatic nitrogens is 2. The Morgan fingerprint density at radius 3 is 2.76 bits per heavy atom. The quantitative estimate of drug-likeness (QED) is 0.671. The first-order valence-electron chi connectivity index (χ1n) is 7.75. The number of aryl methyl sites for hydroxylation is 1. The molecule has 128 valence electrons. The third-order valence-electron chi connectivity index (χ3n) is 3.44. The monoisotopic (exact) mass is 357 g/mol. The molecule has 0 saturated carbocycles. The molecule has 0 aliphatic rings. The highest BCUT2D eigenvalue weighted by Crippen LogP contribution is 2.23. The Hall–Kier alpha value is -2.67. The van der Waals surface area contributed by atoms with Crippen molar-refractivity contribution in [2.75, 3.05) is 11.1 Å². The highest BCUT2D eigenvalue weighted by atomic mass is 32.2. The lowest BCUT2D eigenvalue weighted by Crippen LogP contribution is -2.14. The summed E-state index contributed by atoms with van der Waals surface area (Å²) in [5, 5.41) is 10.9. The smallest absolute Gasteiger partial charge is 0.277 e. The zero-order valence-electron chi connectivity index (χ0n) is 13.5. The molecule has 1 heterocycles. The molecule has 0 unspecified atom stereocenters. The highest BCUT2D eigenvalue weighted by molar-refractivity contribution is 7.99. The zero-order valence-corrected chi connectivity index (χ0v) is 14.3. The van der Waals surface area contributed by atoms with Gasteiger partial charge < -0.3 is 9.73 Å². The van der Waals surface area contributed by atoms with Gasteiger partial charge in [0.2, 0.25) is 11.8 Å². The van der Waals surface area contributed by atoms with Gasteiger partial charge in [0.25, 0.3) is 5.22 Å². The van der Waals surface area contributed by atoms with E-state index in [0.29, 0.717) is 11.5 Å². The van der Waals surface area contributed by atoms with Crippen LogP contribution in [-0.2, 0) is 11.2 Å². The summed E-state index contributed by atoms with van der Waals surface area (Å²) in [6, 6.07) is 13.5. The van der Waals surface area contributed by atoms with Crippen LogP contribution in [0.2, 0.25) is 0 Å². The van der Waals surface area contributed by atoms with Gasteiger partial charge in [0.15, 0.2) is 0 Å². The number of benzene rings is 2. The number of amides is 1. The Balaban J connectivity index is 1.56. The second-order valence-corrected chi connectivity index (χ2v) is 6.20. The second-order valence-electron chi connectivity index (χ2n) is 5.27. The van der Waals surface area contributed by atoms with Crippen LogP contribution < -0.4 is 5.32 Å². The largest absolute Gasteiger partial charge is 0.411 e. The van der Waals surface area contributed by atoms with Crippen LogP contribution in [0.3, 0.4) is 0 Å². The van der Waals surface area contributed by atoms with Gasteiger partial charge in [-0.05, 0) is 48.4 Å². The predicted octanol–water partition coefficient (Wildman–Crippen LogP) is 4.17. The normalized spacial score (nSPS) is 10.6. The van der Waals surface area contributed by atoms with E-state index in [9.17, 15) is 9.18 Å². The van der Waals surface area contributed by atoms with Gasteiger partial charge in [-0.2, -0.15) is 0 Å². The van der Waals surface area contributed by atoms with Gasteiger partial charge in [-0.15, -0.1) is 10.2 Å². The van der Waals surface area contributed by atoms with Crippen LogP contribution in [-0.4, -0.2) is 21.9 Å². The van der Waals surface area contributed by atoms with Crippen LogP contribution in [0.5, 0.6) is 0 Å². The van der Waals surface area contributed by atoms with E-state index in [2.05, 4.69) is 22.4 Å². The minimum atomic E-state index is -0.332. The molecule has 0 bridgehead atoms. The topological polar surface area (TPSA) is 68.0 Å². The molecule has 1 aromatic heterocycles. The van der Waals surface area contributed by atoms with Crippen molar-refractivity contribution < 1.29 is 13.6 Å². The Kier molecular flexibility index (Phi) is 5.45. The molecule has 7 heteroatoms. The van der Waals surface area contributed by atoms with E-state index in [1.54, 1.807) is 12.1 Å². The van der Waals surface area contributed by atoms with Gasteiger partial charge in [0.1, 0.15) is 5.82 Å². The van der Waals surface area contributed by atoms with Gasteiger partial charge in [-0.25, -0.2) is 4.39 Å². The number of hydrogen-bond donors (Lipinski definition) is 1. The Bertz CT molecular complexity index is 865. The fourth-order valence-corrected chi connectivity index (χ4v) is 2.73. The first-order valence-corrected chi connectivity index (χ1v) is 8.73. The third-order valence-corrected chi connectivity index (χ3v) is 4.26. The van der Waals surface area contributed by atoms with E-state index in [-0.39, 0.29) is 22.7 Å². The number of carbonyl (C=O) groups excluding carboxylic acids is 1.